The van der Waals surface area contributed by atoms with Gasteiger partial charge in [-0.1, -0.05) is 12.0 Å². The van der Waals surface area contributed by atoms with Crippen LogP contribution in [-0.4, -0.2) is 13.1 Å². The summed E-state index contributed by atoms with van der Waals surface area (Å²) in [4.78, 5) is 0. The Morgan fingerprint density at radius 1 is 1.60 bits per heavy atom. The largest absolute Gasteiger partial charge is 0.329 e. The number of aryl methyl sites for hydroxylation is 1. The lowest BCUT2D eigenvalue weighted by molar-refractivity contribution is 0.574. The van der Waals surface area contributed by atoms with Crippen LogP contribution < -0.4 is 11.1 Å². The fourth-order valence-electron chi connectivity index (χ4n) is 1.53. The molecule has 1 aromatic rings. The summed E-state index contributed by atoms with van der Waals surface area (Å²) in [6.45, 7) is 2.76. The van der Waals surface area contributed by atoms with Gasteiger partial charge in [0.25, 0.3) is 0 Å². The minimum absolute atomic E-state index is 0.0124. The van der Waals surface area contributed by atoms with E-state index in [0.29, 0.717) is 13.1 Å². The van der Waals surface area contributed by atoms with Gasteiger partial charge in [-0.3, -0.25) is 5.32 Å². The molecule has 0 aliphatic carbocycles. The first-order valence-corrected chi connectivity index (χ1v) is 4.82. The van der Waals surface area contributed by atoms with Gasteiger partial charge < -0.3 is 5.73 Å². The minimum Gasteiger partial charge on any atom is -0.329 e. The molecule has 3 heteroatoms. The molecule has 0 bridgehead atoms. The lowest BCUT2D eigenvalue weighted by atomic mass is 10.0. The maximum atomic E-state index is 12.9. The molecule has 2 nitrogen and oxygen atoms in total. The van der Waals surface area contributed by atoms with E-state index in [1.807, 2.05) is 6.92 Å². The van der Waals surface area contributed by atoms with Crippen LogP contribution in [0, 0.1) is 25.1 Å². The molecule has 0 amide bonds. The molecule has 1 atom stereocenters. The third kappa shape index (κ3) is 3.05. The molecule has 0 saturated heterocycles. The molecular weight excluding hydrogens is 191 g/mol. The van der Waals surface area contributed by atoms with E-state index in [1.54, 1.807) is 6.07 Å². The van der Waals surface area contributed by atoms with Crippen molar-refractivity contribution in [3.8, 4) is 12.3 Å². The van der Waals surface area contributed by atoms with Crippen LogP contribution in [0.15, 0.2) is 18.2 Å². The van der Waals surface area contributed by atoms with E-state index in [4.69, 9.17) is 12.2 Å². The zero-order chi connectivity index (χ0) is 11.3. The molecule has 15 heavy (non-hydrogen) atoms. The maximum Gasteiger partial charge on any atom is 0.123 e. The molecular formula is C12H15FN2. The molecule has 0 radical (unpaired) electrons. The van der Waals surface area contributed by atoms with Crippen molar-refractivity contribution in [3.63, 3.8) is 0 Å². The van der Waals surface area contributed by atoms with Crippen molar-refractivity contribution in [2.24, 2.45) is 5.73 Å². The van der Waals surface area contributed by atoms with Gasteiger partial charge in [0, 0.05) is 12.6 Å². The maximum absolute atomic E-state index is 12.9. The first-order chi connectivity index (χ1) is 7.19. The van der Waals surface area contributed by atoms with Gasteiger partial charge in [0.05, 0.1) is 6.54 Å². The molecule has 1 aromatic carbocycles. The highest BCUT2D eigenvalue weighted by atomic mass is 19.1. The van der Waals surface area contributed by atoms with E-state index in [0.717, 1.165) is 11.1 Å². The standard InChI is InChI=1S/C12H15FN2/c1-3-6-15-12(8-14)11-5-4-10(13)7-9(11)2/h1,4-5,7,12,15H,6,8,14H2,2H3. The summed E-state index contributed by atoms with van der Waals surface area (Å²) in [7, 11) is 0. The van der Waals surface area contributed by atoms with Gasteiger partial charge in [-0.25, -0.2) is 4.39 Å². The molecule has 0 spiro atoms. The Morgan fingerprint density at radius 3 is 2.87 bits per heavy atom. The summed E-state index contributed by atoms with van der Waals surface area (Å²) in [6.07, 6.45) is 5.16. The Kier molecular flexibility index (Phi) is 4.29. The van der Waals surface area contributed by atoms with Crippen LogP contribution in [0.4, 0.5) is 4.39 Å². The van der Waals surface area contributed by atoms with Gasteiger partial charge in [0.1, 0.15) is 5.82 Å². The molecule has 0 aliphatic heterocycles. The number of hydrogen-bond acceptors (Lipinski definition) is 2. The number of nitrogens with one attached hydrogen (secondary N) is 1. The van der Waals surface area contributed by atoms with Crippen molar-refractivity contribution in [2.45, 2.75) is 13.0 Å². The average Bonchev–Trinajstić information content (AvgIpc) is 2.21. The molecule has 0 aliphatic rings. The Labute approximate surface area is 89.7 Å². The van der Waals surface area contributed by atoms with Gasteiger partial charge in [-0.05, 0) is 30.2 Å². The highest BCUT2D eigenvalue weighted by Gasteiger charge is 2.11. The normalized spacial score (nSPS) is 12.1. The van der Waals surface area contributed by atoms with E-state index in [2.05, 4.69) is 11.2 Å². The smallest absolute Gasteiger partial charge is 0.123 e. The number of halogens is 1. The van der Waals surface area contributed by atoms with Gasteiger partial charge in [-0.15, -0.1) is 6.42 Å². The third-order valence-corrected chi connectivity index (χ3v) is 2.29. The van der Waals surface area contributed by atoms with E-state index in [1.165, 1.54) is 12.1 Å². The van der Waals surface area contributed by atoms with E-state index in [9.17, 15) is 4.39 Å². The third-order valence-electron chi connectivity index (χ3n) is 2.29. The van der Waals surface area contributed by atoms with Crippen molar-refractivity contribution in [2.75, 3.05) is 13.1 Å². The predicted molar refractivity (Wildman–Crippen MR) is 59.8 cm³/mol. The SMILES string of the molecule is C#CCNC(CN)c1ccc(F)cc1C. The Balaban J connectivity index is 2.87. The molecule has 3 N–H and O–H groups in total. The van der Waals surface area contributed by atoms with Crippen LogP contribution in [0.25, 0.3) is 0 Å². The molecule has 0 saturated carbocycles. The van der Waals surface area contributed by atoms with E-state index < -0.39 is 0 Å². The van der Waals surface area contributed by atoms with Crippen LogP contribution in [0.1, 0.15) is 17.2 Å². The van der Waals surface area contributed by atoms with Crippen LogP contribution in [0.5, 0.6) is 0 Å². The highest BCUT2D eigenvalue weighted by molar-refractivity contribution is 5.29. The van der Waals surface area contributed by atoms with Crippen molar-refractivity contribution in [1.82, 2.24) is 5.32 Å². The van der Waals surface area contributed by atoms with E-state index >= 15 is 0 Å². The summed E-state index contributed by atoms with van der Waals surface area (Å²) in [5, 5.41) is 3.11. The summed E-state index contributed by atoms with van der Waals surface area (Å²) in [5.74, 6) is 2.26. The van der Waals surface area contributed by atoms with Gasteiger partial charge in [0.15, 0.2) is 0 Å². The summed E-state index contributed by atoms with van der Waals surface area (Å²) < 4.78 is 12.9. The molecule has 0 aromatic heterocycles. The Bertz CT molecular complexity index is 368. The van der Waals surface area contributed by atoms with Crippen LogP contribution in [-0.2, 0) is 0 Å². The van der Waals surface area contributed by atoms with Crippen LogP contribution in [0.3, 0.4) is 0 Å². The zero-order valence-corrected chi connectivity index (χ0v) is 8.76. The first-order valence-electron chi connectivity index (χ1n) is 4.82. The number of nitrogens with two attached hydrogens (primary N) is 1. The topological polar surface area (TPSA) is 38.0 Å². The van der Waals surface area contributed by atoms with Crippen molar-refractivity contribution >= 4 is 0 Å². The average molecular weight is 206 g/mol. The summed E-state index contributed by atoms with van der Waals surface area (Å²) in [5.41, 5.74) is 7.51. The molecule has 1 unspecified atom stereocenters. The summed E-state index contributed by atoms with van der Waals surface area (Å²) >= 11 is 0. The van der Waals surface area contributed by atoms with Crippen molar-refractivity contribution < 1.29 is 4.39 Å². The Hall–Kier alpha value is -1.37. The number of rotatable bonds is 4. The van der Waals surface area contributed by atoms with Crippen molar-refractivity contribution in [1.29, 1.82) is 0 Å². The Morgan fingerprint density at radius 2 is 2.33 bits per heavy atom. The van der Waals surface area contributed by atoms with Crippen LogP contribution in [0.2, 0.25) is 0 Å². The second kappa shape index (κ2) is 5.50. The lowest BCUT2D eigenvalue weighted by Gasteiger charge is -2.17. The number of terminal acetylenes is 1. The summed E-state index contributed by atoms with van der Waals surface area (Å²) in [6, 6.07) is 4.66. The fraction of sp³-hybridized carbons (Fsp3) is 0.333. The quantitative estimate of drug-likeness (QED) is 0.730. The minimum atomic E-state index is -0.232. The second-order valence-corrected chi connectivity index (χ2v) is 3.37. The highest BCUT2D eigenvalue weighted by Crippen LogP contribution is 2.17. The van der Waals surface area contributed by atoms with Gasteiger partial charge >= 0.3 is 0 Å². The molecule has 0 heterocycles. The monoisotopic (exact) mass is 206 g/mol. The second-order valence-electron chi connectivity index (χ2n) is 3.37. The zero-order valence-electron chi connectivity index (χ0n) is 8.76. The fourth-order valence-corrected chi connectivity index (χ4v) is 1.53. The molecule has 0 fully saturated rings. The van der Waals surface area contributed by atoms with Crippen LogP contribution >= 0.6 is 0 Å². The van der Waals surface area contributed by atoms with Crippen molar-refractivity contribution in [3.05, 3.63) is 35.1 Å². The number of hydrogen-bond donors (Lipinski definition) is 2. The lowest BCUT2D eigenvalue weighted by Crippen LogP contribution is -2.29. The first kappa shape index (κ1) is 11.7. The van der Waals surface area contributed by atoms with E-state index in [-0.39, 0.29) is 11.9 Å². The predicted octanol–water partition coefficient (Wildman–Crippen LogP) is 1.36. The van der Waals surface area contributed by atoms with Gasteiger partial charge in [-0.2, -0.15) is 0 Å². The van der Waals surface area contributed by atoms with Gasteiger partial charge in [0.2, 0.25) is 0 Å². The molecule has 80 valence electrons. The molecule has 1 rings (SSSR count). The number of benzene rings is 1.